The van der Waals surface area contributed by atoms with Crippen molar-refractivity contribution in [3.63, 3.8) is 0 Å². The molecule has 0 N–H and O–H groups in total. The van der Waals surface area contributed by atoms with E-state index < -0.39 is 10.8 Å². The second kappa shape index (κ2) is 9.14. The lowest BCUT2D eigenvalue weighted by atomic mass is 10.0. The van der Waals surface area contributed by atoms with Crippen LogP contribution in [0.25, 0.3) is 0 Å². The molecular formula is C27H25FN2O3S. The van der Waals surface area contributed by atoms with Crippen molar-refractivity contribution in [2.75, 3.05) is 11.4 Å². The lowest BCUT2D eigenvalue weighted by molar-refractivity contribution is 0.0635. The fourth-order valence-electron chi connectivity index (χ4n) is 4.69. The normalized spacial score (nSPS) is 19.9. The SMILES string of the molecule is C[C@@H]1CCCCN1C(=O)c1ccc2c(c1)N(Cc1ccc(F)cc1)C(=O)c1ccccc1[S@@]2=O. The number of hydrogen-bond donors (Lipinski definition) is 0. The Labute approximate surface area is 200 Å². The predicted molar refractivity (Wildman–Crippen MR) is 129 cm³/mol. The average Bonchev–Trinajstić information content (AvgIpc) is 2.94. The molecule has 0 spiro atoms. The average molecular weight is 477 g/mol. The summed E-state index contributed by atoms with van der Waals surface area (Å²) in [6.07, 6.45) is 3.03. The monoisotopic (exact) mass is 476 g/mol. The third-order valence-corrected chi connectivity index (χ3v) is 8.08. The number of amides is 2. The van der Waals surface area contributed by atoms with Crippen LogP contribution in [0.15, 0.2) is 76.5 Å². The molecule has 5 nitrogen and oxygen atoms in total. The number of hydrogen-bond acceptors (Lipinski definition) is 3. The third-order valence-electron chi connectivity index (χ3n) is 6.58. The van der Waals surface area contributed by atoms with Crippen LogP contribution in [0.1, 0.15) is 52.5 Å². The summed E-state index contributed by atoms with van der Waals surface area (Å²) in [6.45, 7) is 2.92. The molecule has 0 aliphatic carbocycles. The molecule has 0 aromatic heterocycles. The Morgan fingerprint density at radius 3 is 2.56 bits per heavy atom. The smallest absolute Gasteiger partial charge is 0.259 e. The van der Waals surface area contributed by atoms with Gasteiger partial charge in [-0.05, 0) is 74.2 Å². The van der Waals surface area contributed by atoms with Crippen LogP contribution in [0.2, 0.25) is 0 Å². The van der Waals surface area contributed by atoms with Gasteiger partial charge in [-0.2, -0.15) is 0 Å². The molecule has 2 aliphatic rings. The van der Waals surface area contributed by atoms with Gasteiger partial charge in [-0.25, -0.2) is 8.60 Å². The zero-order valence-electron chi connectivity index (χ0n) is 18.9. The Bertz CT molecular complexity index is 1290. The highest BCUT2D eigenvalue weighted by Crippen LogP contribution is 2.36. The summed E-state index contributed by atoms with van der Waals surface area (Å²) >= 11 is 0. The Morgan fingerprint density at radius 1 is 1.03 bits per heavy atom. The maximum absolute atomic E-state index is 13.7. The first-order valence-electron chi connectivity index (χ1n) is 11.5. The highest BCUT2D eigenvalue weighted by Gasteiger charge is 2.32. The van der Waals surface area contributed by atoms with Crippen molar-refractivity contribution >= 4 is 28.3 Å². The van der Waals surface area contributed by atoms with E-state index in [1.807, 2.05) is 4.90 Å². The van der Waals surface area contributed by atoms with Crippen molar-refractivity contribution in [1.29, 1.82) is 0 Å². The molecule has 34 heavy (non-hydrogen) atoms. The number of halogens is 1. The van der Waals surface area contributed by atoms with Crippen molar-refractivity contribution in [3.05, 3.63) is 89.2 Å². The summed E-state index contributed by atoms with van der Waals surface area (Å²) in [5, 5.41) is 0. The van der Waals surface area contributed by atoms with E-state index in [9.17, 15) is 18.2 Å². The molecule has 3 aromatic carbocycles. The van der Waals surface area contributed by atoms with Crippen molar-refractivity contribution < 1.29 is 18.2 Å². The second-order valence-electron chi connectivity index (χ2n) is 8.81. The van der Waals surface area contributed by atoms with Crippen molar-refractivity contribution in [1.82, 2.24) is 4.90 Å². The molecule has 1 fully saturated rings. The van der Waals surface area contributed by atoms with Gasteiger partial charge in [0, 0.05) is 18.2 Å². The van der Waals surface area contributed by atoms with E-state index in [0.29, 0.717) is 33.2 Å². The molecule has 2 amide bonds. The first-order valence-corrected chi connectivity index (χ1v) is 12.6. The van der Waals surface area contributed by atoms with E-state index in [-0.39, 0.29) is 30.2 Å². The van der Waals surface area contributed by atoms with Gasteiger partial charge in [-0.1, -0.05) is 24.3 Å². The van der Waals surface area contributed by atoms with Crippen LogP contribution >= 0.6 is 0 Å². The van der Waals surface area contributed by atoms with E-state index in [2.05, 4.69) is 6.92 Å². The van der Waals surface area contributed by atoms with Gasteiger partial charge in [-0.3, -0.25) is 9.59 Å². The van der Waals surface area contributed by atoms with Gasteiger partial charge in [0.2, 0.25) is 0 Å². The predicted octanol–water partition coefficient (Wildman–Crippen LogP) is 5.17. The van der Waals surface area contributed by atoms with Crippen molar-refractivity contribution in [3.8, 4) is 0 Å². The van der Waals surface area contributed by atoms with Gasteiger partial charge in [0.15, 0.2) is 0 Å². The molecule has 5 rings (SSSR count). The minimum absolute atomic E-state index is 0.0864. The van der Waals surface area contributed by atoms with Crippen molar-refractivity contribution in [2.45, 2.75) is 48.6 Å². The third kappa shape index (κ3) is 4.05. The Kier molecular flexibility index (Phi) is 6.04. The minimum Gasteiger partial charge on any atom is -0.336 e. The number of piperidine rings is 1. The Balaban J connectivity index is 1.62. The number of nitrogens with zero attached hydrogens (tertiary/aromatic N) is 2. The van der Waals surface area contributed by atoms with Crippen LogP contribution in [-0.2, 0) is 17.3 Å². The van der Waals surface area contributed by atoms with Crippen LogP contribution in [0.3, 0.4) is 0 Å². The second-order valence-corrected chi connectivity index (χ2v) is 10.2. The zero-order chi connectivity index (χ0) is 23.8. The van der Waals surface area contributed by atoms with Crippen LogP contribution in [0.4, 0.5) is 10.1 Å². The highest BCUT2D eigenvalue weighted by molar-refractivity contribution is 7.85. The number of carbonyl (C=O) groups is 2. The molecule has 0 unspecified atom stereocenters. The molecule has 2 atom stereocenters. The number of likely N-dealkylation sites (tertiary alicyclic amines) is 1. The molecule has 2 aliphatic heterocycles. The summed E-state index contributed by atoms with van der Waals surface area (Å²) in [4.78, 5) is 31.4. The number of benzene rings is 3. The summed E-state index contributed by atoms with van der Waals surface area (Å²) < 4.78 is 27.0. The number of rotatable bonds is 3. The van der Waals surface area contributed by atoms with Gasteiger partial charge < -0.3 is 9.80 Å². The largest absolute Gasteiger partial charge is 0.336 e. The van der Waals surface area contributed by atoms with Gasteiger partial charge in [0.25, 0.3) is 11.8 Å². The lowest BCUT2D eigenvalue weighted by Gasteiger charge is -2.33. The fraction of sp³-hybridized carbons (Fsp3) is 0.259. The minimum atomic E-state index is -1.59. The van der Waals surface area contributed by atoms with Gasteiger partial charge in [-0.15, -0.1) is 0 Å². The van der Waals surface area contributed by atoms with Gasteiger partial charge in [0.1, 0.15) is 5.82 Å². The summed E-state index contributed by atoms with van der Waals surface area (Å²) in [7, 11) is -1.59. The zero-order valence-corrected chi connectivity index (χ0v) is 19.7. The summed E-state index contributed by atoms with van der Waals surface area (Å²) in [5.41, 5.74) is 2.00. The van der Waals surface area contributed by atoms with Gasteiger partial charge in [0.05, 0.1) is 38.4 Å². The lowest BCUT2D eigenvalue weighted by Crippen LogP contribution is -2.42. The maximum atomic E-state index is 13.7. The molecule has 3 aromatic rings. The van der Waals surface area contributed by atoms with Crippen LogP contribution in [0, 0.1) is 5.82 Å². The molecule has 2 heterocycles. The first kappa shape index (κ1) is 22.5. The summed E-state index contributed by atoms with van der Waals surface area (Å²) in [6, 6.07) is 18.0. The van der Waals surface area contributed by atoms with Crippen molar-refractivity contribution in [2.24, 2.45) is 0 Å². The molecule has 1 saturated heterocycles. The number of fused-ring (bicyclic) bond motifs is 2. The summed E-state index contributed by atoms with van der Waals surface area (Å²) in [5.74, 6) is -0.749. The van der Waals surface area contributed by atoms with Crippen LogP contribution < -0.4 is 4.90 Å². The highest BCUT2D eigenvalue weighted by atomic mass is 32.2. The molecule has 0 saturated carbocycles. The molecule has 0 bridgehead atoms. The topological polar surface area (TPSA) is 57.7 Å². The first-order chi connectivity index (χ1) is 16.4. The van der Waals surface area contributed by atoms with E-state index >= 15 is 0 Å². The molecular weight excluding hydrogens is 451 g/mol. The van der Waals surface area contributed by atoms with Crippen LogP contribution in [0.5, 0.6) is 0 Å². The quantitative estimate of drug-likeness (QED) is 0.524. The number of anilines is 1. The number of carbonyl (C=O) groups excluding carboxylic acids is 2. The van der Waals surface area contributed by atoms with E-state index in [0.717, 1.165) is 24.8 Å². The molecule has 7 heteroatoms. The molecule has 174 valence electrons. The Morgan fingerprint density at radius 2 is 1.79 bits per heavy atom. The van der Waals surface area contributed by atoms with E-state index in [1.54, 1.807) is 59.5 Å². The molecule has 0 radical (unpaired) electrons. The maximum Gasteiger partial charge on any atom is 0.259 e. The Hall–Kier alpha value is -3.32. The van der Waals surface area contributed by atoms with Gasteiger partial charge >= 0.3 is 0 Å². The van der Waals surface area contributed by atoms with E-state index in [1.165, 1.54) is 12.1 Å². The standard InChI is InChI=1S/C27H25FN2O3S/c1-18-6-4-5-15-29(18)26(31)20-11-14-25-23(16-20)30(17-19-9-12-21(28)13-10-19)27(32)22-7-2-3-8-24(22)34(25)33/h2-3,7-14,16,18H,4-6,15,17H2,1H3/t18-,34+/m1/s1. The van der Waals surface area contributed by atoms with Crippen LogP contribution in [-0.4, -0.2) is 33.5 Å². The fourth-order valence-corrected chi connectivity index (χ4v) is 6.04. The van der Waals surface area contributed by atoms with E-state index in [4.69, 9.17) is 0 Å².